The molecule has 0 spiro atoms. The molecule has 1 aliphatic rings. The number of aromatic nitrogens is 5. The van der Waals surface area contributed by atoms with E-state index in [4.69, 9.17) is 0 Å². The largest absolute Gasteiger partial charge is 0.349 e. The zero-order valence-electron chi connectivity index (χ0n) is 14.5. The van der Waals surface area contributed by atoms with Gasteiger partial charge in [0.2, 0.25) is 0 Å². The molecule has 24 heavy (non-hydrogen) atoms. The van der Waals surface area contributed by atoms with E-state index < -0.39 is 0 Å². The van der Waals surface area contributed by atoms with Crippen molar-refractivity contribution in [3.05, 3.63) is 30.1 Å². The Labute approximate surface area is 141 Å². The van der Waals surface area contributed by atoms with Gasteiger partial charge in [-0.1, -0.05) is 0 Å². The summed E-state index contributed by atoms with van der Waals surface area (Å²) in [6.07, 6.45) is 4.19. The van der Waals surface area contributed by atoms with E-state index in [-0.39, 0.29) is 11.9 Å². The first kappa shape index (κ1) is 16.6. The molecule has 3 heterocycles. The summed E-state index contributed by atoms with van der Waals surface area (Å²) in [6.45, 7) is 9.64. The number of nitrogens with one attached hydrogen (secondary N) is 1. The first-order valence-corrected chi connectivity index (χ1v) is 8.47. The summed E-state index contributed by atoms with van der Waals surface area (Å²) in [5, 5.41) is 11.5. The number of carbonyl (C=O) groups is 1. The maximum atomic E-state index is 12.4. The summed E-state index contributed by atoms with van der Waals surface area (Å²) in [4.78, 5) is 18.7. The van der Waals surface area contributed by atoms with Crippen LogP contribution in [-0.2, 0) is 13.1 Å². The maximum Gasteiger partial charge on any atom is 0.271 e. The smallest absolute Gasteiger partial charge is 0.271 e. The lowest BCUT2D eigenvalue weighted by molar-refractivity contribution is 0.0942. The minimum Gasteiger partial charge on any atom is -0.349 e. The quantitative estimate of drug-likeness (QED) is 0.887. The second-order valence-corrected chi connectivity index (χ2v) is 6.60. The molecule has 0 unspecified atom stereocenters. The fourth-order valence-corrected chi connectivity index (χ4v) is 2.91. The summed E-state index contributed by atoms with van der Waals surface area (Å²) in [6, 6.07) is 2.46. The highest BCUT2D eigenvalue weighted by Crippen LogP contribution is 2.16. The van der Waals surface area contributed by atoms with Crippen molar-refractivity contribution in [2.45, 2.75) is 52.4 Å². The number of carbonyl (C=O) groups excluding carboxylic acids is 1. The van der Waals surface area contributed by atoms with Crippen LogP contribution in [0, 0.1) is 0 Å². The normalized spacial score (nSPS) is 16.7. The van der Waals surface area contributed by atoms with Crippen molar-refractivity contribution in [1.82, 2.24) is 34.8 Å². The van der Waals surface area contributed by atoms with Crippen LogP contribution in [0.4, 0.5) is 0 Å². The zero-order valence-corrected chi connectivity index (χ0v) is 14.5. The Morgan fingerprint density at radius 2 is 2.17 bits per heavy atom. The standard InChI is InChI=1S/C16H25N7O/c1-12(2)21-5-4-6-22-14(9-21)7-15(20-22)16(24)18-8-13(3)23-11-17-10-19-23/h7,10-13H,4-6,8-9H2,1-3H3,(H,18,24)/t13-/m1/s1. The fourth-order valence-electron chi connectivity index (χ4n) is 2.91. The van der Waals surface area contributed by atoms with E-state index >= 15 is 0 Å². The van der Waals surface area contributed by atoms with E-state index in [2.05, 4.69) is 39.2 Å². The molecule has 1 amide bonds. The van der Waals surface area contributed by atoms with Gasteiger partial charge >= 0.3 is 0 Å². The number of rotatable bonds is 5. The van der Waals surface area contributed by atoms with Gasteiger partial charge in [0.25, 0.3) is 5.91 Å². The Morgan fingerprint density at radius 3 is 2.88 bits per heavy atom. The molecule has 0 aromatic carbocycles. The predicted octanol–water partition coefficient (Wildman–Crippen LogP) is 1.08. The van der Waals surface area contributed by atoms with Gasteiger partial charge in [0.15, 0.2) is 0 Å². The van der Waals surface area contributed by atoms with Gasteiger partial charge in [-0.25, -0.2) is 9.67 Å². The van der Waals surface area contributed by atoms with Gasteiger partial charge in [0.05, 0.1) is 11.7 Å². The third kappa shape index (κ3) is 3.64. The molecule has 2 aromatic rings. The number of aryl methyl sites for hydroxylation is 1. The number of nitrogens with zero attached hydrogens (tertiary/aromatic N) is 6. The van der Waals surface area contributed by atoms with E-state index in [1.165, 1.54) is 6.33 Å². The van der Waals surface area contributed by atoms with Gasteiger partial charge in [0.1, 0.15) is 18.3 Å². The molecule has 0 saturated heterocycles. The van der Waals surface area contributed by atoms with Crippen molar-refractivity contribution >= 4 is 5.91 Å². The van der Waals surface area contributed by atoms with E-state index in [9.17, 15) is 4.79 Å². The van der Waals surface area contributed by atoms with Crippen LogP contribution in [0.1, 0.15) is 49.4 Å². The Hall–Kier alpha value is -2.22. The van der Waals surface area contributed by atoms with Crippen molar-refractivity contribution in [3.8, 4) is 0 Å². The van der Waals surface area contributed by atoms with Crippen LogP contribution in [0.5, 0.6) is 0 Å². The van der Waals surface area contributed by atoms with Gasteiger partial charge < -0.3 is 5.32 Å². The van der Waals surface area contributed by atoms with E-state index in [1.807, 2.05) is 17.7 Å². The first-order valence-electron chi connectivity index (χ1n) is 8.47. The van der Waals surface area contributed by atoms with Crippen LogP contribution in [0.15, 0.2) is 18.7 Å². The highest BCUT2D eigenvalue weighted by atomic mass is 16.1. The Bertz CT molecular complexity index is 677. The highest BCUT2D eigenvalue weighted by molar-refractivity contribution is 5.92. The Balaban J connectivity index is 1.63. The molecule has 0 saturated carbocycles. The average Bonchev–Trinajstić information content (AvgIpc) is 3.18. The Kier molecular flexibility index (Phi) is 4.94. The molecule has 0 bridgehead atoms. The van der Waals surface area contributed by atoms with Crippen LogP contribution in [0.3, 0.4) is 0 Å². The average molecular weight is 331 g/mol. The lowest BCUT2D eigenvalue weighted by Crippen LogP contribution is -2.31. The predicted molar refractivity (Wildman–Crippen MR) is 89.5 cm³/mol. The Morgan fingerprint density at radius 1 is 1.33 bits per heavy atom. The first-order chi connectivity index (χ1) is 11.5. The molecule has 0 aliphatic carbocycles. The topological polar surface area (TPSA) is 80.9 Å². The van der Waals surface area contributed by atoms with Gasteiger partial charge in [-0.05, 0) is 33.3 Å². The van der Waals surface area contributed by atoms with E-state index in [1.54, 1.807) is 11.0 Å². The molecule has 1 aliphatic heterocycles. The summed E-state index contributed by atoms with van der Waals surface area (Å²) in [5.41, 5.74) is 1.59. The van der Waals surface area contributed by atoms with E-state index in [0.29, 0.717) is 18.3 Å². The fraction of sp³-hybridized carbons (Fsp3) is 0.625. The molecule has 8 nitrogen and oxygen atoms in total. The monoisotopic (exact) mass is 331 g/mol. The van der Waals surface area contributed by atoms with Crippen molar-refractivity contribution < 1.29 is 4.79 Å². The summed E-state index contributed by atoms with van der Waals surface area (Å²) in [5.74, 6) is -0.140. The second-order valence-electron chi connectivity index (χ2n) is 6.60. The lowest BCUT2D eigenvalue weighted by atomic mass is 10.2. The van der Waals surface area contributed by atoms with Crippen molar-refractivity contribution in [1.29, 1.82) is 0 Å². The third-order valence-corrected chi connectivity index (χ3v) is 4.45. The van der Waals surface area contributed by atoms with Crippen LogP contribution >= 0.6 is 0 Å². The SMILES string of the molecule is CC(C)N1CCCn2nc(C(=O)NC[C@@H](C)n3cncn3)cc2C1. The van der Waals surface area contributed by atoms with Crippen molar-refractivity contribution in [2.75, 3.05) is 13.1 Å². The van der Waals surface area contributed by atoms with Crippen LogP contribution in [0.2, 0.25) is 0 Å². The summed E-state index contributed by atoms with van der Waals surface area (Å²) in [7, 11) is 0. The molecule has 0 radical (unpaired) electrons. The zero-order chi connectivity index (χ0) is 17.1. The molecule has 8 heteroatoms. The minimum atomic E-state index is -0.140. The number of amides is 1. The van der Waals surface area contributed by atoms with Gasteiger partial charge in [-0.3, -0.25) is 14.4 Å². The number of fused-ring (bicyclic) bond motifs is 1. The maximum absolute atomic E-state index is 12.4. The molecule has 2 aromatic heterocycles. The van der Waals surface area contributed by atoms with Gasteiger partial charge in [0, 0.05) is 32.2 Å². The second kappa shape index (κ2) is 7.12. The number of hydrogen-bond donors (Lipinski definition) is 1. The van der Waals surface area contributed by atoms with Gasteiger partial charge in [-0.15, -0.1) is 0 Å². The summed E-state index contributed by atoms with van der Waals surface area (Å²) >= 11 is 0. The molecular weight excluding hydrogens is 306 g/mol. The van der Waals surface area contributed by atoms with Crippen LogP contribution < -0.4 is 5.32 Å². The third-order valence-electron chi connectivity index (χ3n) is 4.45. The molecule has 1 atom stereocenters. The molecule has 0 fully saturated rings. The van der Waals surface area contributed by atoms with Crippen molar-refractivity contribution in [2.24, 2.45) is 0 Å². The van der Waals surface area contributed by atoms with Crippen LogP contribution in [0.25, 0.3) is 0 Å². The summed E-state index contributed by atoms with van der Waals surface area (Å²) < 4.78 is 3.70. The lowest BCUT2D eigenvalue weighted by Gasteiger charge is -2.23. The minimum absolute atomic E-state index is 0.0494. The van der Waals surface area contributed by atoms with Crippen molar-refractivity contribution in [3.63, 3.8) is 0 Å². The molecule has 3 rings (SSSR count). The van der Waals surface area contributed by atoms with Gasteiger partial charge in [-0.2, -0.15) is 10.2 Å². The molecule has 130 valence electrons. The van der Waals surface area contributed by atoms with Crippen LogP contribution in [-0.4, -0.2) is 54.5 Å². The molecular formula is C16H25N7O. The van der Waals surface area contributed by atoms with E-state index in [0.717, 1.165) is 31.7 Å². The highest BCUT2D eigenvalue weighted by Gasteiger charge is 2.21. The number of hydrogen-bond acceptors (Lipinski definition) is 5. The molecule has 1 N–H and O–H groups in total.